The first-order valence-corrected chi connectivity index (χ1v) is 24.2. The molecule has 0 spiro atoms. The Morgan fingerprint density at radius 1 is 0.250 bits per heavy atom. The smallest absolute Gasteiger partial charge is 0.0465 e. The zero-order chi connectivity index (χ0) is 47.2. The molecule has 2 aliphatic rings. The lowest BCUT2D eigenvalue weighted by molar-refractivity contribution is 0.660. The van der Waals surface area contributed by atoms with Gasteiger partial charge in [0.1, 0.15) is 0 Å². The zero-order valence-electron chi connectivity index (χ0n) is 41.2. The van der Waals surface area contributed by atoms with E-state index in [0.29, 0.717) is 0 Å². The van der Waals surface area contributed by atoms with Crippen LogP contribution in [0.4, 0.5) is 34.1 Å². The van der Waals surface area contributed by atoms with Gasteiger partial charge in [0, 0.05) is 45.0 Å². The highest BCUT2D eigenvalue weighted by molar-refractivity contribution is 5.90. The number of rotatable bonds is 8. The maximum Gasteiger partial charge on any atom is 0.0465 e. The third kappa shape index (κ3) is 7.17. The van der Waals surface area contributed by atoms with Crippen LogP contribution in [-0.4, -0.2) is 0 Å². The molecule has 0 saturated heterocycles. The molecule has 0 saturated carbocycles. The fourth-order valence-electron chi connectivity index (χ4n) is 11.2. The van der Waals surface area contributed by atoms with Crippen molar-refractivity contribution in [2.75, 3.05) is 9.80 Å². The van der Waals surface area contributed by atoms with Gasteiger partial charge in [0.25, 0.3) is 0 Å². The van der Waals surface area contributed by atoms with Crippen molar-refractivity contribution in [3.05, 3.63) is 238 Å². The van der Waals surface area contributed by atoms with Crippen LogP contribution in [0.25, 0.3) is 44.5 Å². The van der Waals surface area contributed by atoms with Crippen LogP contribution < -0.4 is 9.80 Å². The van der Waals surface area contributed by atoms with Gasteiger partial charge in [-0.3, -0.25) is 0 Å². The first-order chi connectivity index (χ1) is 32.6. The molecule has 334 valence electrons. The minimum absolute atomic E-state index is 0.180. The maximum atomic E-state index is 2.47. The summed E-state index contributed by atoms with van der Waals surface area (Å²) in [5, 5.41) is 0. The first-order valence-electron chi connectivity index (χ1n) is 24.2. The summed E-state index contributed by atoms with van der Waals surface area (Å²) >= 11 is 0. The number of aryl methyl sites for hydroxylation is 6. The lowest BCUT2D eigenvalue weighted by Crippen LogP contribution is -2.17. The van der Waals surface area contributed by atoms with Gasteiger partial charge >= 0.3 is 0 Å². The normalized spacial score (nSPS) is 13.7. The average molecular weight is 881 g/mol. The lowest BCUT2D eigenvalue weighted by atomic mass is 9.80. The first kappa shape index (κ1) is 43.2. The molecule has 11 rings (SSSR count). The summed E-state index contributed by atoms with van der Waals surface area (Å²) in [7, 11) is 0. The van der Waals surface area contributed by atoms with Crippen molar-refractivity contribution < 1.29 is 0 Å². The third-order valence-corrected chi connectivity index (χ3v) is 15.2. The quantitative estimate of drug-likeness (QED) is 0.150. The second-order valence-corrected chi connectivity index (χ2v) is 20.7. The van der Waals surface area contributed by atoms with Crippen LogP contribution in [0.1, 0.15) is 83.3 Å². The molecule has 0 unspecified atom stereocenters. The molecule has 68 heavy (non-hydrogen) atoms. The summed E-state index contributed by atoms with van der Waals surface area (Å²) in [6, 6.07) is 68.8. The number of fused-ring (bicyclic) bond motifs is 6. The van der Waals surface area contributed by atoms with E-state index in [2.05, 4.69) is 261 Å². The van der Waals surface area contributed by atoms with E-state index in [1.807, 2.05) is 0 Å². The number of hydrogen-bond acceptors (Lipinski definition) is 2. The topological polar surface area (TPSA) is 6.48 Å². The van der Waals surface area contributed by atoms with Crippen molar-refractivity contribution in [2.45, 2.75) is 80.1 Å². The summed E-state index contributed by atoms with van der Waals surface area (Å²) in [5.41, 5.74) is 30.1. The van der Waals surface area contributed by atoms with Crippen LogP contribution in [-0.2, 0) is 10.8 Å². The fraction of sp³-hybridized carbons (Fsp3) is 0.182. The fourth-order valence-corrected chi connectivity index (χ4v) is 11.2. The molecule has 0 bridgehead atoms. The Balaban J connectivity index is 0.907. The van der Waals surface area contributed by atoms with Gasteiger partial charge in [-0.05, 0) is 204 Å². The Morgan fingerprint density at radius 2 is 0.500 bits per heavy atom. The van der Waals surface area contributed by atoms with Gasteiger partial charge in [0.2, 0.25) is 0 Å². The summed E-state index contributed by atoms with van der Waals surface area (Å²) in [6.07, 6.45) is 0. The summed E-state index contributed by atoms with van der Waals surface area (Å²) in [6.45, 7) is 22.7. The van der Waals surface area contributed by atoms with Crippen LogP contribution >= 0.6 is 0 Å². The molecule has 0 heterocycles. The maximum absolute atomic E-state index is 2.47. The highest BCUT2D eigenvalue weighted by Gasteiger charge is 2.38. The predicted octanol–water partition coefficient (Wildman–Crippen LogP) is 18.4. The summed E-state index contributed by atoms with van der Waals surface area (Å²) in [4.78, 5) is 4.78. The molecule has 0 aromatic heterocycles. The molecular formula is C66H60N2. The molecule has 0 fully saturated rings. The van der Waals surface area contributed by atoms with Gasteiger partial charge < -0.3 is 9.80 Å². The van der Waals surface area contributed by atoms with Crippen LogP contribution in [0.15, 0.2) is 182 Å². The van der Waals surface area contributed by atoms with Crippen molar-refractivity contribution >= 4 is 34.1 Å². The molecule has 9 aromatic rings. The molecule has 0 radical (unpaired) electrons. The van der Waals surface area contributed by atoms with E-state index in [1.54, 1.807) is 0 Å². The number of anilines is 6. The van der Waals surface area contributed by atoms with Crippen molar-refractivity contribution in [3.8, 4) is 44.5 Å². The Morgan fingerprint density at radius 3 is 0.794 bits per heavy atom. The van der Waals surface area contributed by atoms with E-state index >= 15 is 0 Å². The minimum atomic E-state index is -0.180. The van der Waals surface area contributed by atoms with Gasteiger partial charge in [0.05, 0.1) is 0 Å². The average Bonchev–Trinajstić information content (AvgIpc) is 3.70. The van der Waals surface area contributed by atoms with E-state index in [-0.39, 0.29) is 10.8 Å². The van der Waals surface area contributed by atoms with Crippen LogP contribution in [0, 0.1) is 41.5 Å². The van der Waals surface area contributed by atoms with E-state index < -0.39 is 0 Å². The van der Waals surface area contributed by atoms with Crippen molar-refractivity contribution in [1.29, 1.82) is 0 Å². The second-order valence-electron chi connectivity index (χ2n) is 20.7. The molecule has 2 nitrogen and oxygen atoms in total. The van der Waals surface area contributed by atoms with Crippen LogP contribution in [0.2, 0.25) is 0 Å². The van der Waals surface area contributed by atoms with Gasteiger partial charge in [-0.1, -0.05) is 147 Å². The highest BCUT2D eigenvalue weighted by Crippen LogP contribution is 2.54. The van der Waals surface area contributed by atoms with Crippen molar-refractivity contribution in [1.82, 2.24) is 0 Å². The largest absolute Gasteiger partial charge is 0.310 e. The molecule has 9 aromatic carbocycles. The molecule has 0 atom stereocenters. The Kier molecular flexibility index (Phi) is 10.2. The Bertz CT molecular complexity index is 3100. The predicted molar refractivity (Wildman–Crippen MR) is 290 cm³/mol. The molecule has 2 heteroatoms. The number of benzene rings is 9. The zero-order valence-corrected chi connectivity index (χ0v) is 41.2. The molecule has 2 aliphatic carbocycles. The molecule has 0 aliphatic heterocycles. The minimum Gasteiger partial charge on any atom is -0.310 e. The van der Waals surface area contributed by atoms with E-state index in [0.717, 1.165) is 22.7 Å². The monoisotopic (exact) mass is 880 g/mol. The second kappa shape index (κ2) is 16.1. The van der Waals surface area contributed by atoms with Crippen molar-refractivity contribution in [2.24, 2.45) is 0 Å². The summed E-state index contributed by atoms with van der Waals surface area (Å²) in [5.74, 6) is 0. The van der Waals surface area contributed by atoms with Crippen molar-refractivity contribution in [3.63, 3.8) is 0 Å². The van der Waals surface area contributed by atoms with Crippen LogP contribution in [0.3, 0.4) is 0 Å². The van der Waals surface area contributed by atoms with Crippen LogP contribution in [0.5, 0.6) is 0 Å². The Labute approximate surface area is 404 Å². The molecule has 0 amide bonds. The van der Waals surface area contributed by atoms with Gasteiger partial charge in [0.15, 0.2) is 0 Å². The van der Waals surface area contributed by atoms with E-state index in [4.69, 9.17) is 0 Å². The Hall–Kier alpha value is -7.42. The molecular weight excluding hydrogens is 821 g/mol. The highest BCUT2D eigenvalue weighted by atomic mass is 15.1. The number of nitrogens with zero attached hydrogens (tertiary/aromatic N) is 2. The van der Waals surface area contributed by atoms with Gasteiger partial charge in [-0.15, -0.1) is 0 Å². The number of hydrogen-bond donors (Lipinski definition) is 0. The van der Waals surface area contributed by atoms with Gasteiger partial charge in [-0.25, -0.2) is 0 Å². The standard InChI is InChI=1S/C66H60N2/c1-41-11-21-49(22-12-41)67(50-23-13-42(2)14-24-50)53-29-33-57-55-31-19-47(37-61(55)65(7,8)63(57)39-53)59-35-46(6)60(36-45(59)5)48-20-32-56-58-34-30-54(40-64(58)66(9,10)62(56)38-48)68(51-25-15-43(3)16-26-51)52-27-17-44(4)18-28-52/h11-40H,1-10H3. The summed E-state index contributed by atoms with van der Waals surface area (Å²) < 4.78 is 0. The van der Waals surface area contributed by atoms with E-state index in [9.17, 15) is 0 Å². The molecule has 0 N–H and O–H groups in total. The van der Waals surface area contributed by atoms with E-state index in [1.165, 1.54) is 112 Å². The van der Waals surface area contributed by atoms with Gasteiger partial charge in [-0.2, -0.15) is 0 Å². The SMILES string of the molecule is Cc1ccc(N(c2ccc(C)cc2)c2ccc3c(c2)C(C)(C)c2cc(-c4cc(C)c(-c5ccc6c(c5)C(C)(C)c5cc(N(c7ccc(C)cc7)c7ccc(C)cc7)ccc5-6)cc4C)ccc2-3)cc1. The third-order valence-electron chi connectivity index (χ3n) is 15.2. The lowest BCUT2D eigenvalue weighted by Gasteiger charge is -2.28.